The van der Waals surface area contributed by atoms with Gasteiger partial charge in [0.25, 0.3) is 11.2 Å². The summed E-state index contributed by atoms with van der Waals surface area (Å²) in [5.41, 5.74) is -0.671. The van der Waals surface area contributed by atoms with E-state index in [1.54, 1.807) is 0 Å². The number of fused-ring (bicyclic) bond motifs is 1. The number of hydrogen-bond donors (Lipinski definition) is 0. The molecule has 0 aliphatic heterocycles. The van der Waals surface area contributed by atoms with Gasteiger partial charge in [-0.2, -0.15) is 9.78 Å². The summed E-state index contributed by atoms with van der Waals surface area (Å²) >= 11 is 0. The first-order valence-corrected chi connectivity index (χ1v) is 8.96. The van der Waals surface area contributed by atoms with Crippen LogP contribution < -0.4 is 10.3 Å². The lowest BCUT2D eigenvalue weighted by Crippen LogP contribution is -2.22. The number of benzene rings is 3. The number of rotatable bonds is 4. The van der Waals surface area contributed by atoms with E-state index < -0.39 is 28.4 Å². The molecule has 4 aromatic rings. The SMILES string of the molecule is O=c1c2cc([N+](=O)[O-])ccc2c(-c2cccc(OC(F)(F)F)c2)nn1-c1ccc(F)cc1. The standard InChI is InChI=1S/C21H11F4N3O4/c22-13-4-6-14(7-5-13)27-20(29)18-11-15(28(30)31)8-9-17(18)19(26-27)12-2-1-3-16(10-12)32-21(23,24)25/h1-11H. The topological polar surface area (TPSA) is 87.3 Å². The van der Waals surface area contributed by atoms with Crippen LogP contribution in [0.25, 0.3) is 27.7 Å². The summed E-state index contributed by atoms with van der Waals surface area (Å²) in [6, 6.07) is 13.2. The van der Waals surface area contributed by atoms with Crippen LogP contribution in [0, 0.1) is 15.9 Å². The first-order valence-electron chi connectivity index (χ1n) is 8.96. The molecule has 32 heavy (non-hydrogen) atoms. The van der Waals surface area contributed by atoms with Crippen molar-refractivity contribution >= 4 is 16.5 Å². The molecule has 0 aliphatic carbocycles. The Kier molecular flexibility index (Phi) is 5.09. The Bertz CT molecular complexity index is 1400. The maximum Gasteiger partial charge on any atom is 0.573 e. The molecular formula is C21H11F4N3O4. The van der Waals surface area contributed by atoms with Crippen LogP contribution >= 0.6 is 0 Å². The Morgan fingerprint density at radius 2 is 1.69 bits per heavy atom. The first-order chi connectivity index (χ1) is 15.1. The van der Waals surface area contributed by atoms with Gasteiger partial charge in [0, 0.05) is 23.1 Å². The predicted octanol–water partition coefficient (Wildman–Crippen LogP) is 5.00. The largest absolute Gasteiger partial charge is 0.573 e. The fraction of sp³-hybridized carbons (Fsp3) is 0.0476. The quantitative estimate of drug-likeness (QED) is 0.251. The molecule has 162 valence electrons. The Morgan fingerprint density at radius 1 is 0.969 bits per heavy atom. The molecule has 0 amide bonds. The number of ether oxygens (including phenoxy) is 1. The molecule has 7 nitrogen and oxygen atoms in total. The molecule has 0 saturated heterocycles. The smallest absolute Gasteiger partial charge is 0.406 e. The predicted molar refractivity (Wildman–Crippen MR) is 106 cm³/mol. The lowest BCUT2D eigenvalue weighted by molar-refractivity contribution is -0.384. The van der Waals surface area contributed by atoms with E-state index in [1.807, 2.05) is 0 Å². The number of alkyl halides is 3. The molecule has 1 aromatic heterocycles. The van der Waals surface area contributed by atoms with E-state index in [-0.39, 0.29) is 33.4 Å². The second kappa shape index (κ2) is 7.76. The van der Waals surface area contributed by atoms with Crippen molar-refractivity contribution < 1.29 is 27.2 Å². The van der Waals surface area contributed by atoms with E-state index in [0.29, 0.717) is 0 Å². The van der Waals surface area contributed by atoms with Gasteiger partial charge in [0.05, 0.1) is 21.7 Å². The molecule has 0 fully saturated rings. The van der Waals surface area contributed by atoms with Crippen LogP contribution in [0.15, 0.2) is 71.5 Å². The van der Waals surface area contributed by atoms with Gasteiger partial charge in [0.1, 0.15) is 11.6 Å². The fourth-order valence-corrected chi connectivity index (χ4v) is 3.15. The van der Waals surface area contributed by atoms with Crippen LogP contribution in [-0.4, -0.2) is 21.1 Å². The minimum absolute atomic E-state index is 0.0754. The Balaban J connectivity index is 2.01. The van der Waals surface area contributed by atoms with Crippen LogP contribution in [0.1, 0.15) is 0 Å². The molecule has 0 spiro atoms. The second-order valence-corrected chi connectivity index (χ2v) is 6.60. The monoisotopic (exact) mass is 445 g/mol. The fourth-order valence-electron chi connectivity index (χ4n) is 3.15. The average molecular weight is 445 g/mol. The summed E-state index contributed by atoms with van der Waals surface area (Å²) in [7, 11) is 0. The average Bonchev–Trinajstić information content (AvgIpc) is 2.73. The van der Waals surface area contributed by atoms with E-state index in [0.717, 1.165) is 41.1 Å². The zero-order valence-corrected chi connectivity index (χ0v) is 15.8. The van der Waals surface area contributed by atoms with Gasteiger partial charge in [-0.1, -0.05) is 12.1 Å². The van der Waals surface area contributed by atoms with Gasteiger partial charge in [-0.25, -0.2) is 4.39 Å². The van der Waals surface area contributed by atoms with E-state index in [9.17, 15) is 32.5 Å². The minimum Gasteiger partial charge on any atom is -0.406 e. The summed E-state index contributed by atoms with van der Waals surface area (Å²) in [5, 5.41) is 15.6. The third-order valence-electron chi connectivity index (χ3n) is 4.50. The van der Waals surface area contributed by atoms with Crippen LogP contribution in [0.2, 0.25) is 0 Å². The zero-order valence-electron chi connectivity index (χ0n) is 15.8. The number of nitro benzene ring substituents is 1. The molecule has 0 unspecified atom stereocenters. The molecule has 0 atom stereocenters. The molecule has 0 saturated carbocycles. The van der Waals surface area contributed by atoms with Gasteiger partial charge >= 0.3 is 6.36 Å². The number of nitrogens with zero attached hydrogens (tertiary/aromatic N) is 3. The molecule has 0 N–H and O–H groups in total. The number of nitro groups is 1. The van der Waals surface area contributed by atoms with Crippen molar-refractivity contribution in [1.82, 2.24) is 9.78 Å². The highest BCUT2D eigenvalue weighted by Crippen LogP contribution is 2.31. The number of non-ortho nitro benzene ring substituents is 1. The van der Waals surface area contributed by atoms with Crippen molar-refractivity contribution in [3.63, 3.8) is 0 Å². The highest BCUT2D eigenvalue weighted by Gasteiger charge is 2.31. The molecule has 4 rings (SSSR count). The summed E-state index contributed by atoms with van der Waals surface area (Å²) < 4.78 is 56.1. The number of hydrogen-bond acceptors (Lipinski definition) is 5. The molecule has 0 aliphatic rings. The summed E-state index contributed by atoms with van der Waals surface area (Å²) in [5.74, 6) is -1.07. The molecule has 11 heteroatoms. The van der Waals surface area contributed by atoms with Crippen molar-refractivity contribution in [2.45, 2.75) is 6.36 Å². The van der Waals surface area contributed by atoms with Gasteiger partial charge in [-0.15, -0.1) is 13.2 Å². The van der Waals surface area contributed by atoms with Gasteiger partial charge in [0.2, 0.25) is 0 Å². The van der Waals surface area contributed by atoms with Crippen molar-refractivity contribution in [3.05, 3.63) is 93.0 Å². The highest BCUT2D eigenvalue weighted by atomic mass is 19.4. The van der Waals surface area contributed by atoms with Crippen molar-refractivity contribution in [2.75, 3.05) is 0 Å². The van der Waals surface area contributed by atoms with Crippen LogP contribution in [0.5, 0.6) is 5.75 Å². The van der Waals surface area contributed by atoms with E-state index in [2.05, 4.69) is 9.84 Å². The van der Waals surface area contributed by atoms with Gasteiger partial charge in [-0.05, 0) is 42.5 Å². The molecular weight excluding hydrogens is 434 g/mol. The van der Waals surface area contributed by atoms with E-state index in [1.165, 1.54) is 30.3 Å². The van der Waals surface area contributed by atoms with Crippen molar-refractivity contribution in [3.8, 4) is 22.7 Å². The molecule has 1 heterocycles. The number of aromatic nitrogens is 2. The van der Waals surface area contributed by atoms with Crippen LogP contribution in [0.4, 0.5) is 23.2 Å². The summed E-state index contributed by atoms with van der Waals surface area (Å²) in [4.78, 5) is 23.6. The maximum absolute atomic E-state index is 13.3. The van der Waals surface area contributed by atoms with Crippen molar-refractivity contribution in [1.29, 1.82) is 0 Å². The molecule has 0 bridgehead atoms. The van der Waals surface area contributed by atoms with Gasteiger partial charge < -0.3 is 4.74 Å². The lowest BCUT2D eigenvalue weighted by atomic mass is 10.0. The third kappa shape index (κ3) is 4.13. The van der Waals surface area contributed by atoms with E-state index >= 15 is 0 Å². The Labute approximate surface area is 176 Å². The lowest BCUT2D eigenvalue weighted by Gasteiger charge is -2.13. The second-order valence-electron chi connectivity index (χ2n) is 6.60. The van der Waals surface area contributed by atoms with Crippen LogP contribution in [0.3, 0.4) is 0 Å². The number of halogens is 4. The van der Waals surface area contributed by atoms with Crippen LogP contribution in [-0.2, 0) is 0 Å². The van der Waals surface area contributed by atoms with Gasteiger partial charge in [-0.3, -0.25) is 14.9 Å². The minimum atomic E-state index is -4.92. The normalized spacial score (nSPS) is 11.5. The Morgan fingerprint density at radius 3 is 2.34 bits per heavy atom. The van der Waals surface area contributed by atoms with Crippen molar-refractivity contribution in [2.24, 2.45) is 0 Å². The third-order valence-corrected chi connectivity index (χ3v) is 4.50. The first kappa shape index (κ1) is 21.0. The highest BCUT2D eigenvalue weighted by molar-refractivity contribution is 5.95. The maximum atomic E-state index is 13.3. The molecule has 0 radical (unpaired) electrons. The van der Waals surface area contributed by atoms with Gasteiger partial charge in [0.15, 0.2) is 0 Å². The zero-order chi connectivity index (χ0) is 23.0. The Hall–Kier alpha value is -4.28. The molecule has 3 aromatic carbocycles. The summed E-state index contributed by atoms with van der Waals surface area (Å²) in [6.07, 6.45) is -4.92. The van der Waals surface area contributed by atoms with E-state index in [4.69, 9.17) is 0 Å². The summed E-state index contributed by atoms with van der Waals surface area (Å²) in [6.45, 7) is 0.